The van der Waals surface area contributed by atoms with E-state index in [-0.39, 0.29) is 24.0 Å². The normalized spacial score (nSPS) is 20.4. The van der Waals surface area contributed by atoms with Gasteiger partial charge in [0.2, 0.25) is 5.91 Å². The van der Waals surface area contributed by atoms with E-state index in [9.17, 15) is 9.59 Å². The molecular weight excluding hydrogens is 256 g/mol. The number of para-hydroxylation sites is 1. The zero-order chi connectivity index (χ0) is 14.5. The van der Waals surface area contributed by atoms with Gasteiger partial charge < -0.3 is 10.1 Å². The summed E-state index contributed by atoms with van der Waals surface area (Å²) in [6.45, 7) is 2.56. The number of anilines is 1. The van der Waals surface area contributed by atoms with Gasteiger partial charge in [0.15, 0.2) is 0 Å². The van der Waals surface area contributed by atoms with Gasteiger partial charge in [-0.2, -0.15) is 0 Å². The number of carbonyl (C=O) groups is 2. The summed E-state index contributed by atoms with van der Waals surface area (Å²) < 4.78 is 4.80. The zero-order valence-corrected chi connectivity index (χ0v) is 11.8. The summed E-state index contributed by atoms with van der Waals surface area (Å²) in [6.07, 6.45) is 1.65. The van der Waals surface area contributed by atoms with Crippen molar-refractivity contribution < 1.29 is 14.3 Å². The molecular formula is C15H20N2O3. The van der Waals surface area contributed by atoms with Gasteiger partial charge in [-0.05, 0) is 38.4 Å². The summed E-state index contributed by atoms with van der Waals surface area (Å²) >= 11 is 0. The summed E-state index contributed by atoms with van der Waals surface area (Å²) in [5.74, 6) is -0.367. The molecule has 1 N–H and O–H groups in total. The number of carbonyl (C=O) groups excluding carboxylic acids is 2. The van der Waals surface area contributed by atoms with Crippen molar-refractivity contribution in [2.75, 3.05) is 19.0 Å². The predicted molar refractivity (Wildman–Crippen MR) is 76.3 cm³/mol. The lowest BCUT2D eigenvalue weighted by Crippen LogP contribution is -2.47. The highest BCUT2D eigenvalue weighted by Crippen LogP contribution is 2.22. The quantitative estimate of drug-likeness (QED) is 0.850. The molecule has 1 fully saturated rings. The monoisotopic (exact) mass is 276 g/mol. The van der Waals surface area contributed by atoms with Crippen LogP contribution in [0.3, 0.4) is 0 Å². The first-order valence-electron chi connectivity index (χ1n) is 6.83. The van der Waals surface area contributed by atoms with E-state index in [0.29, 0.717) is 0 Å². The minimum Gasteiger partial charge on any atom is -0.468 e. The van der Waals surface area contributed by atoms with Crippen LogP contribution in [-0.2, 0) is 14.3 Å². The van der Waals surface area contributed by atoms with Gasteiger partial charge in [0.25, 0.3) is 0 Å². The third-order valence-electron chi connectivity index (χ3n) is 3.69. The van der Waals surface area contributed by atoms with Crippen molar-refractivity contribution >= 4 is 17.6 Å². The lowest BCUT2D eigenvalue weighted by molar-refractivity contribution is -0.147. The smallest absolute Gasteiger partial charge is 0.323 e. The Balaban J connectivity index is 2.01. The maximum Gasteiger partial charge on any atom is 0.323 e. The Bertz CT molecular complexity index is 475. The van der Waals surface area contributed by atoms with Crippen molar-refractivity contribution in [3.8, 4) is 0 Å². The first-order chi connectivity index (χ1) is 9.63. The minimum atomic E-state index is -0.359. The number of amides is 1. The second-order valence-corrected chi connectivity index (χ2v) is 4.95. The lowest BCUT2D eigenvalue weighted by atomic mass is 10.2. The zero-order valence-electron chi connectivity index (χ0n) is 11.8. The molecule has 5 heteroatoms. The van der Waals surface area contributed by atoms with Crippen molar-refractivity contribution in [1.29, 1.82) is 0 Å². The molecule has 0 aliphatic carbocycles. The third kappa shape index (κ3) is 3.17. The molecule has 1 saturated heterocycles. The Hall–Kier alpha value is -1.88. The number of likely N-dealkylation sites (tertiary alicyclic amines) is 1. The Morgan fingerprint density at radius 1 is 1.35 bits per heavy atom. The topological polar surface area (TPSA) is 58.6 Å². The van der Waals surface area contributed by atoms with Gasteiger partial charge in [0, 0.05) is 5.69 Å². The fourth-order valence-corrected chi connectivity index (χ4v) is 2.56. The van der Waals surface area contributed by atoms with E-state index in [2.05, 4.69) is 5.32 Å². The fraction of sp³-hybridized carbons (Fsp3) is 0.467. The molecule has 2 atom stereocenters. The average Bonchev–Trinajstić information content (AvgIpc) is 2.96. The highest BCUT2D eigenvalue weighted by molar-refractivity contribution is 5.95. The van der Waals surface area contributed by atoms with Crippen LogP contribution in [0.1, 0.15) is 19.8 Å². The van der Waals surface area contributed by atoms with E-state index >= 15 is 0 Å². The van der Waals surface area contributed by atoms with Crippen LogP contribution in [0, 0.1) is 0 Å². The molecule has 1 heterocycles. The van der Waals surface area contributed by atoms with Crippen LogP contribution in [0.5, 0.6) is 0 Å². The molecule has 2 rings (SSSR count). The molecule has 0 spiro atoms. The van der Waals surface area contributed by atoms with Crippen molar-refractivity contribution in [2.24, 2.45) is 0 Å². The van der Waals surface area contributed by atoms with Gasteiger partial charge in [-0.3, -0.25) is 14.5 Å². The van der Waals surface area contributed by atoms with Crippen molar-refractivity contribution in [1.82, 2.24) is 4.90 Å². The van der Waals surface area contributed by atoms with Crippen LogP contribution < -0.4 is 5.32 Å². The number of methoxy groups -OCH3 is 1. The summed E-state index contributed by atoms with van der Waals surface area (Å²) in [6, 6.07) is 8.64. The van der Waals surface area contributed by atoms with Gasteiger partial charge in [-0.1, -0.05) is 18.2 Å². The molecule has 5 nitrogen and oxygen atoms in total. The molecule has 2 unspecified atom stereocenters. The molecule has 1 aliphatic rings. The maximum atomic E-state index is 12.3. The van der Waals surface area contributed by atoms with Crippen molar-refractivity contribution in [3.63, 3.8) is 0 Å². The molecule has 1 amide bonds. The summed E-state index contributed by atoms with van der Waals surface area (Å²) in [5, 5.41) is 2.86. The van der Waals surface area contributed by atoms with Crippen molar-refractivity contribution in [2.45, 2.75) is 31.8 Å². The number of rotatable bonds is 4. The fourth-order valence-electron chi connectivity index (χ4n) is 2.56. The van der Waals surface area contributed by atoms with Crippen LogP contribution in [0.4, 0.5) is 5.69 Å². The number of hydrogen-bond acceptors (Lipinski definition) is 4. The lowest BCUT2D eigenvalue weighted by Gasteiger charge is -2.28. The first-order valence-corrected chi connectivity index (χ1v) is 6.83. The summed E-state index contributed by atoms with van der Waals surface area (Å²) in [7, 11) is 1.38. The molecule has 0 radical (unpaired) electrons. The van der Waals surface area contributed by atoms with Crippen molar-refractivity contribution in [3.05, 3.63) is 30.3 Å². The van der Waals surface area contributed by atoms with E-state index in [1.807, 2.05) is 42.2 Å². The van der Waals surface area contributed by atoms with Crippen LogP contribution in [0.2, 0.25) is 0 Å². The Morgan fingerprint density at radius 3 is 2.70 bits per heavy atom. The molecule has 20 heavy (non-hydrogen) atoms. The largest absolute Gasteiger partial charge is 0.468 e. The van der Waals surface area contributed by atoms with Crippen LogP contribution in [0.25, 0.3) is 0 Å². The average molecular weight is 276 g/mol. The molecule has 1 aliphatic heterocycles. The number of benzene rings is 1. The number of nitrogens with zero attached hydrogens (tertiary/aromatic N) is 1. The Morgan fingerprint density at radius 2 is 2.05 bits per heavy atom. The van der Waals surface area contributed by atoms with Gasteiger partial charge >= 0.3 is 5.97 Å². The van der Waals surface area contributed by atoms with Crippen LogP contribution in [0.15, 0.2) is 30.3 Å². The van der Waals surface area contributed by atoms with Gasteiger partial charge in [0.05, 0.1) is 13.2 Å². The molecule has 1 aromatic rings. The molecule has 0 bridgehead atoms. The highest BCUT2D eigenvalue weighted by atomic mass is 16.5. The molecule has 108 valence electrons. The van der Waals surface area contributed by atoms with E-state index in [0.717, 1.165) is 25.1 Å². The Kier molecular flexibility index (Phi) is 4.74. The standard InChI is InChI=1S/C15H20N2O3/c1-11(14(18)16-12-7-4-3-5-8-12)17-10-6-9-13(17)15(19)20-2/h3-5,7-8,11,13H,6,9-10H2,1-2H3,(H,16,18). The number of hydrogen-bond donors (Lipinski definition) is 1. The second-order valence-electron chi connectivity index (χ2n) is 4.95. The maximum absolute atomic E-state index is 12.3. The van der Waals surface area contributed by atoms with Gasteiger partial charge in [0.1, 0.15) is 6.04 Å². The highest BCUT2D eigenvalue weighted by Gasteiger charge is 2.36. The minimum absolute atomic E-state index is 0.105. The SMILES string of the molecule is COC(=O)C1CCCN1C(C)C(=O)Nc1ccccc1. The third-order valence-corrected chi connectivity index (χ3v) is 3.69. The van der Waals surface area contributed by atoms with E-state index in [4.69, 9.17) is 4.74 Å². The number of ether oxygens (including phenoxy) is 1. The van der Waals surface area contributed by atoms with Gasteiger partial charge in [-0.25, -0.2) is 0 Å². The molecule has 0 saturated carbocycles. The number of nitrogens with one attached hydrogen (secondary N) is 1. The van der Waals surface area contributed by atoms with E-state index < -0.39 is 0 Å². The second kappa shape index (κ2) is 6.52. The summed E-state index contributed by atoms with van der Waals surface area (Å²) in [4.78, 5) is 25.9. The Labute approximate surface area is 118 Å². The van der Waals surface area contributed by atoms with Crippen LogP contribution >= 0.6 is 0 Å². The number of esters is 1. The first kappa shape index (κ1) is 14.5. The predicted octanol–water partition coefficient (Wildman–Crippen LogP) is 1.65. The van der Waals surface area contributed by atoms with Gasteiger partial charge in [-0.15, -0.1) is 0 Å². The summed E-state index contributed by atoms with van der Waals surface area (Å²) in [5.41, 5.74) is 0.762. The van der Waals surface area contributed by atoms with Crippen LogP contribution in [-0.4, -0.2) is 42.5 Å². The van der Waals surface area contributed by atoms with E-state index in [1.54, 1.807) is 0 Å². The van der Waals surface area contributed by atoms with E-state index in [1.165, 1.54) is 7.11 Å². The molecule has 1 aromatic carbocycles. The molecule has 0 aromatic heterocycles.